The van der Waals surface area contributed by atoms with Crippen LogP contribution >= 0.6 is 0 Å². The SMILES string of the molecule is CCOC(=O)c1nnc2n1CCN(c1ccc(NC(=O)c3oc(N4CCCC(C)C4)nc3C(F)(F)F)cn1)C2. The molecule has 1 atom stereocenters. The molecule has 0 saturated carbocycles. The molecule has 12 nitrogen and oxygen atoms in total. The number of carbonyl (C=O) groups excluding carboxylic acids is 2. The van der Waals surface area contributed by atoms with Crippen LogP contribution < -0.4 is 15.1 Å². The highest BCUT2D eigenvalue weighted by Crippen LogP contribution is 2.35. The van der Waals surface area contributed by atoms with E-state index in [4.69, 9.17) is 9.15 Å². The summed E-state index contributed by atoms with van der Waals surface area (Å²) in [5.41, 5.74) is -1.18. The molecule has 39 heavy (non-hydrogen) atoms. The molecule has 0 aromatic carbocycles. The van der Waals surface area contributed by atoms with Crippen LogP contribution in [0.5, 0.6) is 0 Å². The Bertz CT molecular complexity index is 1350. The fraction of sp³-hybridized carbons (Fsp3) is 0.500. The van der Waals surface area contributed by atoms with Crippen LogP contribution in [-0.4, -0.2) is 62.9 Å². The summed E-state index contributed by atoms with van der Waals surface area (Å²) in [6.45, 7) is 6.20. The Hall–Kier alpha value is -4.17. The van der Waals surface area contributed by atoms with Crippen molar-refractivity contribution in [1.82, 2.24) is 24.7 Å². The average molecular weight is 549 g/mol. The number of hydrogen-bond acceptors (Lipinski definition) is 10. The van der Waals surface area contributed by atoms with Gasteiger partial charge in [-0.3, -0.25) is 4.79 Å². The van der Waals surface area contributed by atoms with Gasteiger partial charge in [-0.2, -0.15) is 18.2 Å². The number of aromatic nitrogens is 5. The number of carbonyl (C=O) groups is 2. The number of oxazole rings is 1. The summed E-state index contributed by atoms with van der Waals surface area (Å²) in [5.74, 6) is -0.977. The summed E-state index contributed by atoms with van der Waals surface area (Å²) in [4.78, 5) is 36.4. The van der Waals surface area contributed by atoms with Gasteiger partial charge in [0.25, 0.3) is 11.9 Å². The van der Waals surface area contributed by atoms with Crippen LogP contribution in [0.3, 0.4) is 0 Å². The van der Waals surface area contributed by atoms with Crippen LogP contribution in [0.4, 0.5) is 30.7 Å². The lowest BCUT2D eigenvalue weighted by molar-refractivity contribution is -0.141. The van der Waals surface area contributed by atoms with Crippen molar-refractivity contribution in [2.75, 3.05) is 41.4 Å². The fourth-order valence-electron chi connectivity index (χ4n) is 4.69. The second kappa shape index (κ2) is 10.5. The third kappa shape index (κ3) is 5.52. The van der Waals surface area contributed by atoms with Gasteiger partial charge in [0.05, 0.1) is 25.0 Å². The topological polar surface area (TPSA) is 132 Å². The van der Waals surface area contributed by atoms with Gasteiger partial charge in [-0.15, -0.1) is 10.2 Å². The number of halogens is 3. The summed E-state index contributed by atoms with van der Waals surface area (Å²) in [7, 11) is 0. The summed E-state index contributed by atoms with van der Waals surface area (Å²) in [5, 5.41) is 10.4. The highest BCUT2D eigenvalue weighted by molar-refractivity contribution is 6.03. The van der Waals surface area contributed by atoms with Crippen molar-refractivity contribution < 1.29 is 31.9 Å². The van der Waals surface area contributed by atoms with Crippen molar-refractivity contribution in [3.63, 3.8) is 0 Å². The molecule has 2 aliphatic rings. The van der Waals surface area contributed by atoms with Crippen LogP contribution in [0.1, 0.15) is 59.4 Å². The molecule has 3 aromatic heterocycles. The second-order valence-corrected chi connectivity index (χ2v) is 9.46. The number of esters is 1. The van der Waals surface area contributed by atoms with Crippen LogP contribution in [-0.2, 0) is 24.0 Å². The van der Waals surface area contributed by atoms with E-state index in [1.165, 1.54) is 12.3 Å². The first-order valence-corrected chi connectivity index (χ1v) is 12.6. The van der Waals surface area contributed by atoms with Gasteiger partial charge in [0.2, 0.25) is 11.6 Å². The maximum absolute atomic E-state index is 13.7. The zero-order chi connectivity index (χ0) is 27.7. The first-order chi connectivity index (χ1) is 18.6. The molecule has 0 radical (unpaired) electrons. The Kier molecular flexibility index (Phi) is 7.14. The van der Waals surface area contributed by atoms with Gasteiger partial charge in [0, 0.05) is 26.2 Å². The number of amides is 1. The van der Waals surface area contributed by atoms with E-state index in [1.54, 1.807) is 22.5 Å². The number of piperidine rings is 1. The maximum atomic E-state index is 13.7. The molecule has 5 rings (SSSR count). The summed E-state index contributed by atoms with van der Waals surface area (Å²) in [6.07, 6.45) is -1.76. The van der Waals surface area contributed by atoms with E-state index >= 15 is 0 Å². The molecule has 3 aromatic rings. The van der Waals surface area contributed by atoms with Crippen LogP contribution in [0.25, 0.3) is 0 Å². The van der Waals surface area contributed by atoms with Crippen molar-refractivity contribution >= 4 is 29.4 Å². The average Bonchev–Trinajstić information content (AvgIpc) is 3.54. The molecule has 1 amide bonds. The molecule has 208 valence electrons. The Morgan fingerprint density at radius 2 is 2.00 bits per heavy atom. The van der Waals surface area contributed by atoms with Gasteiger partial charge in [-0.1, -0.05) is 6.92 Å². The van der Waals surface area contributed by atoms with Crippen LogP contribution in [0, 0.1) is 5.92 Å². The Balaban J connectivity index is 1.28. The zero-order valence-corrected chi connectivity index (χ0v) is 21.4. The van der Waals surface area contributed by atoms with E-state index in [0.717, 1.165) is 12.8 Å². The summed E-state index contributed by atoms with van der Waals surface area (Å²) < 4.78 is 53.1. The number of anilines is 3. The third-order valence-electron chi connectivity index (χ3n) is 6.56. The molecule has 1 saturated heterocycles. The smallest absolute Gasteiger partial charge is 0.437 e. The maximum Gasteiger partial charge on any atom is 0.437 e. The zero-order valence-electron chi connectivity index (χ0n) is 21.4. The van der Waals surface area contributed by atoms with Crippen molar-refractivity contribution in [3.05, 3.63) is 41.4 Å². The lowest BCUT2D eigenvalue weighted by Gasteiger charge is -2.29. The molecule has 1 unspecified atom stereocenters. The van der Waals surface area contributed by atoms with Crippen molar-refractivity contribution in [2.24, 2.45) is 5.92 Å². The Labute approximate surface area is 221 Å². The third-order valence-corrected chi connectivity index (χ3v) is 6.56. The van der Waals surface area contributed by atoms with Crippen molar-refractivity contribution in [2.45, 2.75) is 46.0 Å². The van der Waals surface area contributed by atoms with E-state index < -0.39 is 29.5 Å². The molecule has 0 aliphatic carbocycles. The number of nitrogens with one attached hydrogen (secondary N) is 1. The number of nitrogens with zero attached hydrogens (tertiary/aromatic N) is 7. The van der Waals surface area contributed by atoms with Crippen molar-refractivity contribution in [3.8, 4) is 0 Å². The van der Waals surface area contributed by atoms with Gasteiger partial charge in [0.1, 0.15) is 5.82 Å². The quantitative estimate of drug-likeness (QED) is 0.458. The molecule has 1 N–H and O–H groups in total. The largest absolute Gasteiger partial charge is 0.460 e. The number of pyridine rings is 1. The van der Waals surface area contributed by atoms with Gasteiger partial charge in [0.15, 0.2) is 11.5 Å². The highest BCUT2D eigenvalue weighted by Gasteiger charge is 2.42. The predicted octanol–water partition coefficient (Wildman–Crippen LogP) is 3.37. The van der Waals surface area contributed by atoms with Crippen LogP contribution in [0.2, 0.25) is 0 Å². The van der Waals surface area contributed by atoms with E-state index in [-0.39, 0.29) is 30.1 Å². The summed E-state index contributed by atoms with van der Waals surface area (Å²) in [6, 6.07) is 2.94. The minimum atomic E-state index is -4.86. The molecule has 0 bridgehead atoms. The standard InChI is InChI=1S/C24H27F3N8O4/c1-3-38-22(37)20-32-31-17-13-33(9-10-35(17)20)16-7-6-15(11-28-16)29-21(36)18-19(24(25,26)27)30-23(39-18)34-8-4-5-14(2)12-34/h6-7,11,14H,3-5,8-10,12-13H2,1-2H3,(H,29,36). The van der Waals surface area contributed by atoms with E-state index in [2.05, 4.69) is 25.5 Å². The molecular formula is C24H27F3N8O4. The van der Waals surface area contributed by atoms with Gasteiger partial charge < -0.3 is 28.8 Å². The molecule has 5 heterocycles. The number of ether oxygens (including phenoxy) is 1. The monoisotopic (exact) mass is 548 g/mol. The molecular weight excluding hydrogens is 521 g/mol. The number of rotatable bonds is 6. The lowest BCUT2D eigenvalue weighted by atomic mass is 10.0. The number of hydrogen-bond donors (Lipinski definition) is 1. The molecule has 0 spiro atoms. The first kappa shape index (κ1) is 26.4. The highest BCUT2D eigenvalue weighted by atomic mass is 19.4. The molecule has 1 fully saturated rings. The Morgan fingerprint density at radius 1 is 1.18 bits per heavy atom. The second-order valence-electron chi connectivity index (χ2n) is 9.46. The number of fused-ring (bicyclic) bond motifs is 1. The van der Waals surface area contributed by atoms with E-state index in [0.29, 0.717) is 44.4 Å². The van der Waals surface area contributed by atoms with E-state index in [1.807, 2.05) is 11.8 Å². The molecule has 2 aliphatic heterocycles. The van der Waals surface area contributed by atoms with Gasteiger partial charge >= 0.3 is 12.1 Å². The first-order valence-electron chi connectivity index (χ1n) is 12.6. The minimum Gasteiger partial charge on any atom is -0.460 e. The van der Waals surface area contributed by atoms with Crippen LogP contribution in [0.15, 0.2) is 22.7 Å². The summed E-state index contributed by atoms with van der Waals surface area (Å²) >= 11 is 0. The van der Waals surface area contributed by atoms with Gasteiger partial charge in [-0.05, 0) is 37.8 Å². The lowest BCUT2D eigenvalue weighted by Crippen LogP contribution is -2.35. The van der Waals surface area contributed by atoms with Gasteiger partial charge in [-0.25, -0.2) is 9.78 Å². The fourth-order valence-corrected chi connectivity index (χ4v) is 4.69. The number of alkyl halides is 3. The predicted molar refractivity (Wildman–Crippen MR) is 131 cm³/mol. The normalized spacial score (nSPS) is 17.6. The molecule has 15 heteroatoms. The van der Waals surface area contributed by atoms with E-state index in [9.17, 15) is 22.8 Å². The van der Waals surface area contributed by atoms with Crippen molar-refractivity contribution in [1.29, 1.82) is 0 Å². The Morgan fingerprint density at radius 3 is 2.69 bits per heavy atom. The minimum absolute atomic E-state index is 0.140.